The number of hydrogen-bond donors (Lipinski definition) is 2. The van der Waals surface area contributed by atoms with Crippen molar-refractivity contribution in [2.24, 2.45) is 5.73 Å². The summed E-state index contributed by atoms with van der Waals surface area (Å²) in [7, 11) is 1.29. The quantitative estimate of drug-likeness (QED) is 0.770. The molecular weight excluding hydrogens is 296 g/mol. The molecule has 0 fully saturated rings. The van der Waals surface area contributed by atoms with Crippen molar-refractivity contribution in [2.75, 3.05) is 12.0 Å². The van der Waals surface area contributed by atoms with Gasteiger partial charge in [-0.3, -0.25) is 9.69 Å². The Balaban J connectivity index is 2.42. The monoisotopic (exact) mass is 316 g/mol. The molecule has 3 N–H and O–H groups in total. The molecular formula is C16H20N4O3. The van der Waals surface area contributed by atoms with E-state index in [-0.39, 0.29) is 12.3 Å². The third-order valence-corrected chi connectivity index (χ3v) is 3.41. The number of H-pyrrole nitrogens is 1. The molecule has 1 aromatic carbocycles. The fraction of sp³-hybridized carbons (Fsp3) is 0.312. The summed E-state index contributed by atoms with van der Waals surface area (Å²) in [6.45, 7) is 1.59. The average molecular weight is 316 g/mol. The van der Waals surface area contributed by atoms with E-state index in [1.165, 1.54) is 18.3 Å². The molecule has 0 aliphatic carbocycles. The Hall–Kier alpha value is -2.67. The molecule has 0 bridgehead atoms. The summed E-state index contributed by atoms with van der Waals surface area (Å²) in [6.07, 6.45) is 3.37. The summed E-state index contributed by atoms with van der Waals surface area (Å²) in [5, 5.41) is 0. The minimum Gasteiger partial charge on any atom is -0.467 e. The minimum absolute atomic E-state index is 0.250. The average Bonchev–Trinajstić information content (AvgIpc) is 3.07. The molecule has 1 heterocycles. The zero-order valence-corrected chi connectivity index (χ0v) is 13.1. The van der Waals surface area contributed by atoms with Gasteiger partial charge in [0, 0.05) is 24.0 Å². The molecule has 0 saturated carbocycles. The van der Waals surface area contributed by atoms with Crippen LogP contribution < -0.4 is 10.6 Å². The van der Waals surface area contributed by atoms with Gasteiger partial charge in [0.25, 0.3) is 0 Å². The highest BCUT2D eigenvalue weighted by Gasteiger charge is 2.33. The summed E-state index contributed by atoms with van der Waals surface area (Å²) >= 11 is 0. The molecule has 1 amide bonds. The molecule has 2 atom stereocenters. The van der Waals surface area contributed by atoms with Gasteiger partial charge in [0.05, 0.1) is 19.5 Å². The Morgan fingerprint density at radius 2 is 2.04 bits per heavy atom. The number of carbonyl (C=O) groups is 2. The fourth-order valence-corrected chi connectivity index (χ4v) is 2.29. The molecule has 122 valence electrons. The molecule has 2 rings (SSSR count). The number of amides is 1. The first kappa shape index (κ1) is 16.7. The van der Waals surface area contributed by atoms with Crippen molar-refractivity contribution < 1.29 is 14.3 Å². The van der Waals surface area contributed by atoms with Crippen LogP contribution in [0.4, 0.5) is 5.69 Å². The molecule has 0 aliphatic rings. The summed E-state index contributed by atoms with van der Waals surface area (Å²) in [4.78, 5) is 33.1. The number of rotatable bonds is 6. The van der Waals surface area contributed by atoms with Crippen LogP contribution in [0.15, 0.2) is 42.9 Å². The van der Waals surface area contributed by atoms with Crippen LogP contribution >= 0.6 is 0 Å². The largest absolute Gasteiger partial charge is 0.467 e. The smallest absolute Gasteiger partial charge is 0.329 e. The van der Waals surface area contributed by atoms with Gasteiger partial charge in [0.15, 0.2) is 0 Å². The second-order valence-corrected chi connectivity index (χ2v) is 5.15. The van der Waals surface area contributed by atoms with E-state index in [9.17, 15) is 9.59 Å². The van der Waals surface area contributed by atoms with Crippen LogP contribution in [0.2, 0.25) is 0 Å². The maximum absolute atomic E-state index is 12.6. The van der Waals surface area contributed by atoms with E-state index in [0.717, 1.165) is 5.69 Å². The zero-order valence-electron chi connectivity index (χ0n) is 13.1. The van der Waals surface area contributed by atoms with Gasteiger partial charge in [-0.1, -0.05) is 18.2 Å². The van der Waals surface area contributed by atoms with Crippen molar-refractivity contribution in [3.05, 3.63) is 48.5 Å². The Kier molecular flexibility index (Phi) is 5.48. The standard InChI is InChI=1S/C16H20N4O3/c1-11(17)15(21)20(13-6-4-3-5-7-13)14(16(22)23-2)8-12-9-18-10-19-12/h3-7,9-11,14H,8,17H2,1-2H3,(H,18,19)/t11-,14-/m0/s1. The zero-order chi connectivity index (χ0) is 16.8. The van der Waals surface area contributed by atoms with E-state index < -0.39 is 18.1 Å². The van der Waals surface area contributed by atoms with Crippen LogP contribution in [-0.2, 0) is 20.7 Å². The van der Waals surface area contributed by atoms with Gasteiger partial charge in [0.2, 0.25) is 5.91 Å². The van der Waals surface area contributed by atoms with Crippen LogP contribution in [-0.4, -0.2) is 41.0 Å². The van der Waals surface area contributed by atoms with Gasteiger partial charge < -0.3 is 15.5 Å². The topological polar surface area (TPSA) is 101 Å². The highest BCUT2D eigenvalue weighted by Crippen LogP contribution is 2.20. The first-order valence-electron chi connectivity index (χ1n) is 7.23. The number of nitrogens with zero attached hydrogens (tertiary/aromatic N) is 2. The third-order valence-electron chi connectivity index (χ3n) is 3.41. The van der Waals surface area contributed by atoms with E-state index in [4.69, 9.17) is 10.5 Å². The maximum atomic E-state index is 12.6. The molecule has 23 heavy (non-hydrogen) atoms. The fourth-order valence-electron chi connectivity index (χ4n) is 2.29. The number of nitrogens with one attached hydrogen (secondary N) is 1. The molecule has 0 radical (unpaired) electrons. The summed E-state index contributed by atoms with van der Waals surface area (Å²) in [5.41, 5.74) is 7.07. The summed E-state index contributed by atoms with van der Waals surface area (Å²) in [5.74, 6) is -0.872. The van der Waals surface area contributed by atoms with E-state index in [1.54, 1.807) is 37.4 Å². The van der Waals surface area contributed by atoms with Crippen molar-refractivity contribution in [1.29, 1.82) is 0 Å². The molecule has 7 nitrogen and oxygen atoms in total. The van der Waals surface area contributed by atoms with Gasteiger partial charge in [-0.2, -0.15) is 0 Å². The first-order valence-corrected chi connectivity index (χ1v) is 7.23. The van der Waals surface area contributed by atoms with E-state index in [1.807, 2.05) is 6.07 Å². The third kappa shape index (κ3) is 3.95. The number of aromatic amines is 1. The lowest BCUT2D eigenvalue weighted by Gasteiger charge is -2.31. The van der Waals surface area contributed by atoms with Gasteiger partial charge in [-0.15, -0.1) is 0 Å². The first-order chi connectivity index (χ1) is 11.0. The van der Waals surface area contributed by atoms with Crippen molar-refractivity contribution in [2.45, 2.75) is 25.4 Å². The maximum Gasteiger partial charge on any atom is 0.329 e. The van der Waals surface area contributed by atoms with Gasteiger partial charge in [-0.05, 0) is 19.1 Å². The molecule has 1 aromatic heterocycles. The lowest BCUT2D eigenvalue weighted by Crippen LogP contribution is -2.52. The molecule has 0 aliphatic heterocycles. The van der Waals surface area contributed by atoms with Crippen molar-refractivity contribution in [3.63, 3.8) is 0 Å². The number of carbonyl (C=O) groups excluding carboxylic acids is 2. The SMILES string of the molecule is COC(=O)[C@H](Cc1cnc[nH]1)N(C(=O)[C@H](C)N)c1ccccc1. The van der Waals surface area contributed by atoms with Gasteiger partial charge in [-0.25, -0.2) is 9.78 Å². The number of esters is 1. The second-order valence-electron chi connectivity index (χ2n) is 5.15. The molecule has 0 unspecified atom stereocenters. The van der Waals surface area contributed by atoms with E-state index in [2.05, 4.69) is 9.97 Å². The second kappa shape index (κ2) is 7.55. The highest BCUT2D eigenvalue weighted by atomic mass is 16.5. The Morgan fingerprint density at radius 1 is 1.35 bits per heavy atom. The van der Waals surface area contributed by atoms with Crippen LogP contribution in [0, 0.1) is 0 Å². The molecule has 0 spiro atoms. The summed E-state index contributed by atoms with van der Waals surface area (Å²) < 4.78 is 4.89. The van der Waals surface area contributed by atoms with E-state index in [0.29, 0.717) is 5.69 Å². The lowest BCUT2D eigenvalue weighted by atomic mass is 10.1. The van der Waals surface area contributed by atoms with Crippen LogP contribution in [0.3, 0.4) is 0 Å². The number of nitrogens with two attached hydrogens (primary N) is 1. The van der Waals surface area contributed by atoms with Gasteiger partial charge >= 0.3 is 5.97 Å². The van der Waals surface area contributed by atoms with Crippen LogP contribution in [0.1, 0.15) is 12.6 Å². The molecule has 7 heteroatoms. The number of imidazole rings is 1. The van der Waals surface area contributed by atoms with Crippen molar-refractivity contribution >= 4 is 17.6 Å². The Labute approximate surface area is 134 Å². The predicted octanol–water partition coefficient (Wildman–Crippen LogP) is 0.874. The normalized spacial score (nSPS) is 13.2. The number of para-hydroxylation sites is 1. The number of benzene rings is 1. The Morgan fingerprint density at radius 3 is 2.57 bits per heavy atom. The van der Waals surface area contributed by atoms with E-state index >= 15 is 0 Å². The number of hydrogen-bond acceptors (Lipinski definition) is 5. The predicted molar refractivity (Wildman–Crippen MR) is 85.7 cm³/mol. The van der Waals surface area contributed by atoms with Crippen LogP contribution in [0.25, 0.3) is 0 Å². The highest BCUT2D eigenvalue weighted by molar-refractivity contribution is 6.02. The summed E-state index contributed by atoms with van der Waals surface area (Å²) in [6, 6.07) is 7.35. The molecule has 2 aromatic rings. The van der Waals surface area contributed by atoms with Gasteiger partial charge in [0.1, 0.15) is 6.04 Å². The lowest BCUT2D eigenvalue weighted by molar-refractivity contribution is -0.143. The number of methoxy groups -OCH3 is 1. The molecule has 0 saturated heterocycles. The van der Waals surface area contributed by atoms with Crippen molar-refractivity contribution in [1.82, 2.24) is 9.97 Å². The number of anilines is 1. The number of ether oxygens (including phenoxy) is 1. The van der Waals surface area contributed by atoms with Crippen LogP contribution in [0.5, 0.6) is 0 Å². The minimum atomic E-state index is -0.832. The van der Waals surface area contributed by atoms with Crippen molar-refractivity contribution in [3.8, 4) is 0 Å². The Bertz CT molecular complexity index is 641. The number of aromatic nitrogens is 2.